The van der Waals surface area contributed by atoms with Crippen molar-refractivity contribution in [2.45, 2.75) is 45.7 Å². The van der Waals surface area contributed by atoms with Crippen LogP contribution < -0.4 is 10.1 Å². The molecular formula is C29H32Cl2N2O3. The molecule has 5 nitrogen and oxygen atoms in total. The largest absolute Gasteiger partial charge is 0.482 e. The Kier molecular flexibility index (Phi) is 10.6. The predicted octanol–water partition coefficient (Wildman–Crippen LogP) is 6.24. The average molecular weight is 527 g/mol. The molecule has 0 heterocycles. The number of hydrogen-bond acceptors (Lipinski definition) is 3. The Hall–Kier alpha value is -3.02. The van der Waals surface area contributed by atoms with Crippen LogP contribution in [0.25, 0.3) is 0 Å². The molecule has 36 heavy (non-hydrogen) atoms. The number of unbranched alkanes of at least 4 members (excludes halogenated alkanes) is 1. The van der Waals surface area contributed by atoms with Crippen LogP contribution in [-0.4, -0.2) is 35.9 Å². The second-order valence-electron chi connectivity index (χ2n) is 8.72. The molecule has 1 unspecified atom stereocenters. The molecule has 1 N–H and O–H groups in total. The fourth-order valence-electron chi connectivity index (χ4n) is 3.76. The monoisotopic (exact) mass is 526 g/mol. The molecule has 3 aromatic carbocycles. The quantitative estimate of drug-likeness (QED) is 0.284. The molecule has 0 aromatic heterocycles. The molecule has 0 aliphatic rings. The highest BCUT2D eigenvalue weighted by molar-refractivity contribution is 6.35. The van der Waals surface area contributed by atoms with Crippen LogP contribution in [0.2, 0.25) is 10.0 Å². The number of benzene rings is 3. The Labute approximate surface area is 223 Å². The van der Waals surface area contributed by atoms with Crippen LogP contribution in [0.15, 0.2) is 72.8 Å². The maximum Gasteiger partial charge on any atom is 0.261 e. The van der Waals surface area contributed by atoms with E-state index in [1.54, 1.807) is 23.1 Å². The Morgan fingerprint density at radius 1 is 0.972 bits per heavy atom. The molecular weight excluding hydrogens is 495 g/mol. The summed E-state index contributed by atoms with van der Waals surface area (Å²) in [5, 5.41) is 3.81. The molecule has 0 saturated heterocycles. The lowest BCUT2D eigenvalue weighted by molar-refractivity contribution is -0.142. The minimum Gasteiger partial charge on any atom is -0.482 e. The number of hydrogen-bond donors (Lipinski definition) is 1. The van der Waals surface area contributed by atoms with Crippen molar-refractivity contribution in [3.05, 3.63) is 99.5 Å². The molecule has 3 rings (SSSR count). The van der Waals surface area contributed by atoms with Crippen LogP contribution in [0.5, 0.6) is 5.75 Å². The number of nitrogens with one attached hydrogen (secondary N) is 1. The first-order valence-corrected chi connectivity index (χ1v) is 12.9. The number of nitrogens with zero attached hydrogens (tertiary/aromatic N) is 1. The van der Waals surface area contributed by atoms with E-state index in [-0.39, 0.29) is 25.0 Å². The van der Waals surface area contributed by atoms with Gasteiger partial charge in [0.15, 0.2) is 6.61 Å². The van der Waals surface area contributed by atoms with Crippen molar-refractivity contribution in [3.63, 3.8) is 0 Å². The third-order valence-electron chi connectivity index (χ3n) is 5.82. The lowest BCUT2D eigenvalue weighted by Crippen LogP contribution is -2.51. The summed E-state index contributed by atoms with van der Waals surface area (Å²) < 4.78 is 5.76. The van der Waals surface area contributed by atoms with Gasteiger partial charge in [0.05, 0.1) is 5.02 Å². The number of halogens is 2. The van der Waals surface area contributed by atoms with Gasteiger partial charge >= 0.3 is 0 Å². The van der Waals surface area contributed by atoms with E-state index in [1.807, 2.05) is 61.5 Å². The summed E-state index contributed by atoms with van der Waals surface area (Å²) in [5.41, 5.74) is 3.02. The highest BCUT2D eigenvalue weighted by Crippen LogP contribution is 2.27. The van der Waals surface area contributed by atoms with Gasteiger partial charge in [-0.15, -0.1) is 0 Å². The van der Waals surface area contributed by atoms with E-state index in [0.29, 0.717) is 28.8 Å². The van der Waals surface area contributed by atoms with Gasteiger partial charge in [-0.3, -0.25) is 9.59 Å². The van der Waals surface area contributed by atoms with Crippen molar-refractivity contribution in [2.24, 2.45) is 0 Å². The first kappa shape index (κ1) is 27.6. The predicted molar refractivity (Wildman–Crippen MR) is 146 cm³/mol. The van der Waals surface area contributed by atoms with E-state index in [0.717, 1.165) is 29.5 Å². The fraction of sp³-hybridized carbons (Fsp3) is 0.310. The Balaban J connectivity index is 1.88. The van der Waals surface area contributed by atoms with E-state index >= 15 is 0 Å². The molecule has 2 amide bonds. The molecule has 0 radical (unpaired) electrons. The normalized spacial score (nSPS) is 11.6. The van der Waals surface area contributed by atoms with E-state index < -0.39 is 6.04 Å². The van der Waals surface area contributed by atoms with Gasteiger partial charge in [-0.25, -0.2) is 0 Å². The molecule has 190 valence electrons. The Morgan fingerprint density at radius 3 is 2.36 bits per heavy atom. The number of rotatable bonds is 12. The Morgan fingerprint density at radius 2 is 1.69 bits per heavy atom. The zero-order valence-electron chi connectivity index (χ0n) is 20.7. The molecule has 0 bridgehead atoms. The second kappa shape index (κ2) is 13.9. The van der Waals surface area contributed by atoms with Crippen molar-refractivity contribution in [3.8, 4) is 5.75 Å². The summed E-state index contributed by atoms with van der Waals surface area (Å²) in [7, 11) is 0. The number of amides is 2. The van der Waals surface area contributed by atoms with Gasteiger partial charge in [-0.1, -0.05) is 96.7 Å². The average Bonchev–Trinajstić information content (AvgIpc) is 2.87. The van der Waals surface area contributed by atoms with Crippen LogP contribution in [0.1, 0.15) is 36.5 Å². The zero-order valence-corrected chi connectivity index (χ0v) is 22.2. The highest BCUT2D eigenvalue weighted by Gasteiger charge is 2.30. The first-order valence-electron chi connectivity index (χ1n) is 12.1. The maximum absolute atomic E-state index is 13.6. The zero-order chi connectivity index (χ0) is 25.9. The summed E-state index contributed by atoms with van der Waals surface area (Å²) in [6.45, 7) is 4.65. The van der Waals surface area contributed by atoms with Crippen LogP contribution in [0.4, 0.5) is 0 Å². The van der Waals surface area contributed by atoms with Crippen LogP contribution in [0.3, 0.4) is 0 Å². The molecule has 0 aliphatic heterocycles. The third kappa shape index (κ3) is 8.28. The lowest BCUT2D eigenvalue weighted by atomic mass is 10.0. The summed E-state index contributed by atoms with van der Waals surface area (Å²) in [5.74, 6) is -0.137. The van der Waals surface area contributed by atoms with Gasteiger partial charge in [-0.05, 0) is 42.7 Å². The first-order chi connectivity index (χ1) is 17.4. The summed E-state index contributed by atoms with van der Waals surface area (Å²) in [6.07, 6.45) is 2.22. The molecule has 0 spiro atoms. The lowest BCUT2D eigenvalue weighted by Gasteiger charge is -2.31. The van der Waals surface area contributed by atoms with Crippen molar-refractivity contribution in [1.29, 1.82) is 0 Å². The number of carbonyl (C=O) groups excluding carboxylic acids is 2. The third-order valence-corrected chi connectivity index (χ3v) is 6.35. The molecule has 0 saturated carbocycles. The maximum atomic E-state index is 13.6. The van der Waals surface area contributed by atoms with Crippen LogP contribution in [-0.2, 0) is 22.6 Å². The minimum atomic E-state index is -0.706. The van der Waals surface area contributed by atoms with E-state index in [9.17, 15) is 9.59 Å². The molecule has 0 aliphatic carbocycles. The molecule has 0 fully saturated rings. The molecule has 3 aromatic rings. The van der Waals surface area contributed by atoms with E-state index in [2.05, 4.69) is 12.2 Å². The van der Waals surface area contributed by atoms with E-state index in [1.165, 1.54) is 0 Å². The van der Waals surface area contributed by atoms with Gasteiger partial charge in [0.1, 0.15) is 11.8 Å². The minimum absolute atomic E-state index is 0.183. The molecule has 1 atom stereocenters. The van der Waals surface area contributed by atoms with Crippen LogP contribution >= 0.6 is 23.2 Å². The Bertz CT molecular complexity index is 1140. The van der Waals surface area contributed by atoms with Gasteiger partial charge in [0.25, 0.3) is 5.91 Å². The topological polar surface area (TPSA) is 58.6 Å². The van der Waals surface area contributed by atoms with E-state index in [4.69, 9.17) is 27.9 Å². The van der Waals surface area contributed by atoms with Crippen LogP contribution in [0, 0.1) is 6.92 Å². The molecule has 7 heteroatoms. The van der Waals surface area contributed by atoms with Gasteiger partial charge < -0.3 is 15.0 Å². The second-order valence-corrected chi connectivity index (χ2v) is 9.56. The number of aryl methyl sites for hydroxylation is 1. The summed E-state index contributed by atoms with van der Waals surface area (Å²) in [6, 6.07) is 21.8. The summed E-state index contributed by atoms with van der Waals surface area (Å²) in [4.78, 5) is 28.6. The number of carbonyl (C=O) groups is 2. The van der Waals surface area contributed by atoms with Crippen molar-refractivity contribution in [1.82, 2.24) is 10.2 Å². The van der Waals surface area contributed by atoms with Crippen molar-refractivity contribution < 1.29 is 14.3 Å². The smallest absolute Gasteiger partial charge is 0.261 e. The fourth-order valence-corrected chi connectivity index (χ4v) is 4.23. The standard InChI is InChI=1S/C29H32Cl2N2O3/c1-3-4-16-32-29(35)26(17-22-8-6-5-7-9-22)33(19-23-12-10-21(2)11-13-23)28(34)20-36-27-15-14-24(30)18-25(27)31/h5-15,18,26H,3-4,16-17,19-20H2,1-2H3,(H,32,35). The number of ether oxygens (including phenoxy) is 1. The van der Waals surface area contributed by atoms with Crippen molar-refractivity contribution in [2.75, 3.05) is 13.2 Å². The highest BCUT2D eigenvalue weighted by atomic mass is 35.5. The summed E-state index contributed by atoms with van der Waals surface area (Å²) >= 11 is 12.2. The van der Waals surface area contributed by atoms with Gasteiger partial charge in [0, 0.05) is 24.5 Å². The van der Waals surface area contributed by atoms with Crippen molar-refractivity contribution >= 4 is 35.0 Å². The van der Waals surface area contributed by atoms with Gasteiger partial charge in [-0.2, -0.15) is 0 Å². The SMILES string of the molecule is CCCCNC(=O)C(Cc1ccccc1)N(Cc1ccc(C)cc1)C(=O)COc1ccc(Cl)cc1Cl. The van der Waals surface area contributed by atoms with Gasteiger partial charge in [0.2, 0.25) is 5.91 Å².